The smallest absolute Gasteiger partial charge is 0.0642 e. The fraction of sp³-hybridized carbons (Fsp3) is 0.625. The second-order valence-corrected chi connectivity index (χ2v) is 5.84. The van der Waals surface area contributed by atoms with Crippen LogP contribution in [0.1, 0.15) is 26.2 Å². The van der Waals surface area contributed by atoms with Crippen LogP contribution in [0.15, 0.2) is 24.3 Å². The number of benzene rings is 1. The first-order valence-electron chi connectivity index (χ1n) is 7.51. The first kappa shape index (κ1) is 12.8. The minimum absolute atomic E-state index is 0.565. The van der Waals surface area contributed by atoms with Gasteiger partial charge in [-0.2, -0.15) is 0 Å². The average Bonchev–Trinajstić information content (AvgIpc) is 3.24. The average molecular weight is 260 g/mol. The zero-order valence-electron chi connectivity index (χ0n) is 11.8. The number of hydrogen-bond donors (Lipinski definition) is 1. The van der Waals surface area contributed by atoms with E-state index in [2.05, 4.69) is 41.4 Å². The summed E-state index contributed by atoms with van der Waals surface area (Å²) in [6.45, 7) is 5.97. The molecule has 1 atom stereocenters. The predicted octanol–water partition coefficient (Wildman–Crippen LogP) is 3.12. The molecule has 0 amide bonds. The van der Waals surface area contributed by atoms with Gasteiger partial charge in [-0.15, -0.1) is 0 Å². The van der Waals surface area contributed by atoms with Gasteiger partial charge in [-0.25, -0.2) is 0 Å². The van der Waals surface area contributed by atoms with Crippen molar-refractivity contribution in [1.29, 1.82) is 0 Å². The van der Waals surface area contributed by atoms with Crippen LogP contribution in [0.5, 0.6) is 0 Å². The number of morpholine rings is 1. The molecule has 1 heterocycles. The van der Waals surface area contributed by atoms with E-state index in [-0.39, 0.29) is 0 Å². The van der Waals surface area contributed by atoms with E-state index in [4.69, 9.17) is 4.74 Å². The summed E-state index contributed by atoms with van der Waals surface area (Å²) < 4.78 is 5.44. The van der Waals surface area contributed by atoms with Crippen molar-refractivity contribution in [2.75, 3.05) is 36.5 Å². The minimum atomic E-state index is 0.565. The van der Waals surface area contributed by atoms with E-state index in [0.717, 1.165) is 32.2 Å². The summed E-state index contributed by atoms with van der Waals surface area (Å²) in [5, 5.41) is 3.70. The van der Waals surface area contributed by atoms with Crippen LogP contribution in [-0.2, 0) is 4.74 Å². The van der Waals surface area contributed by atoms with Gasteiger partial charge in [-0.3, -0.25) is 0 Å². The lowest BCUT2D eigenvalue weighted by Gasteiger charge is -2.31. The Morgan fingerprint density at radius 3 is 2.74 bits per heavy atom. The van der Waals surface area contributed by atoms with Gasteiger partial charge in [0.1, 0.15) is 0 Å². The topological polar surface area (TPSA) is 24.5 Å². The van der Waals surface area contributed by atoms with Gasteiger partial charge in [0.15, 0.2) is 0 Å². The molecule has 0 aromatic heterocycles. The molecule has 1 aromatic rings. The Morgan fingerprint density at radius 1 is 1.26 bits per heavy atom. The fourth-order valence-electron chi connectivity index (χ4n) is 2.85. The Hall–Kier alpha value is -1.22. The number of rotatable bonds is 5. The van der Waals surface area contributed by atoms with E-state index in [1.807, 2.05) is 0 Å². The minimum Gasteiger partial charge on any atom is -0.381 e. The van der Waals surface area contributed by atoms with Crippen LogP contribution in [0.4, 0.5) is 11.4 Å². The number of para-hydroxylation sites is 2. The molecule has 3 nitrogen and oxygen atoms in total. The van der Waals surface area contributed by atoms with Gasteiger partial charge in [0, 0.05) is 19.1 Å². The number of nitrogens with zero attached hydrogens (tertiary/aromatic N) is 1. The fourth-order valence-corrected chi connectivity index (χ4v) is 2.85. The summed E-state index contributed by atoms with van der Waals surface area (Å²) >= 11 is 0. The summed E-state index contributed by atoms with van der Waals surface area (Å²) in [6, 6.07) is 9.23. The quantitative estimate of drug-likeness (QED) is 0.880. The van der Waals surface area contributed by atoms with Crippen LogP contribution in [0.25, 0.3) is 0 Å². The van der Waals surface area contributed by atoms with Crippen molar-refractivity contribution in [3.63, 3.8) is 0 Å². The zero-order chi connectivity index (χ0) is 13.1. The second kappa shape index (κ2) is 5.83. The van der Waals surface area contributed by atoms with Gasteiger partial charge in [-0.05, 0) is 31.4 Å². The first-order chi connectivity index (χ1) is 9.33. The molecule has 0 radical (unpaired) electrons. The maximum Gasteiger partial charge on any atom is 0.0642 e. The molecule has 1 aliphatic carbocycles. The van der Waals surface area contributed by atoms with E-state index >= 15 is 0 Å². The maximum absolute atomic E-state index is 5.44. The molecule has 2 aliphatic rings. The number of hydrogen-bond acceptors (Lipinski definition) is 3. The van der Waals surface area contributed by atoms with Crippen LogP contribution in [0.2, 0.25) is 0 Å². The van der Waals surface area contributed by atoms with Crippen LogP contribution in [0, 0.1) is 5.92 Å². The molecule has 1 saturated heterocycles. The predicted molar refractivity (Wildman–Crippen MR) is 79.9 cm³/mol. The highest BCUT2D eigenvalue weighted by Gasteiger charge is 2.24. The van der Waals surface area contributed by atoms with Gasteiger partial charge in [0.2, 0.25) is 0 Å². The van der Waals surface area contributed by atoms with E-state index in [1.165, 1.54) is 30.6 Å². The maximum atomic E-state index is 5.44. The molecule has 2 fully saturated rings. The first-order valence-corrected chi connectivity index (χ1v) is 7.51. The lowest BCUT2D eigenvalue weighted by Crippen LogP contribution is -2.36. The molecule has 1 N–H and O–H groups in total. The highest BCUT2D eigenvalue weighted by atomic mass is 16.5. The van der Waals surface area contributed by atoms with Crippen LogP contribution >= 0.6 is 0 Å². The Balaban J connectivity index is 1.68. The molecular weight excluding hydrogens is 236 g/mol. The van der Waals surface area contributed by atoms with Crippen molar-refractivity contribution in [3.05, 3.63) is 24.3 Å². The molecule has 19 heavy (non-hydrogen) atoms. The Kier molecular flexibility index (Phi) is 3.92. The molecule has 104 valence electrons. The Bertz CT molecular complexity index is 411. The third-order valence-electron chi connectivity index (χ3n) is 4.04. The normalized spacial score (nSPS) is 21.2. The van der Waals surface area contributed by atoms with Gasteiger partial charge in [0.25, 0.3) is 0 Å². The van der Waals surface area contributed by atoms with Crippen LogP contribution < -0.4 is 10.2 Å². The SMILES string of the molecule is CC(CC1CC1)Nc1ccccc1N1CCOCC1. The molecule has 3 rings (SSSR count). The van der Waals surface area contributed by atoms with Crippen LogP contribution in [-0.4, -0.2) is 32.3 Å². The van der Waals surface area contributed by atoms with Crippen molar-refractivity contribution < 1.29 is 4.74 Å². The number of anilines is 2. The molecular formula is C16H24N2O. The van der Waals surface area contributed by atoms with Gasteiger partial charge in [0.05, 0.1) is 24.6 Å². The summed E-state index contributed by atoms with van der Waals surface area (Å²) in [6.07, 6.45) is 4.16. The second-order valence-electron chi connectivity index (χ2n) is 5.84. The highest BCUT2D eigenvalue weighted by molar-refractivity contribution is 5.70. The van der Waals surface area contributed by atoms with Crippen molar-refractivity contribution in [2.45, 2.75) is 32.2 Å². The summed E-state index contributed by atoms with van der Waals surface area (Å²) in [7, 11) is 0. The third kappa shape index (κ3) is 3.41. The molecule has 0 spiro atoms. The van der Waals surface area contributed by atoms with Crippen LogP contribution in [0.3, 0.4) is 0 Å². The lowest BCUT2D eigenvalue weighted by atomic mass is 10.1. The molecule has 0 bridgehead atoms. The largest absolute Gasteiger partial charge is 0.381 e. The van der Waals surface area contributed by atoms with E-state index in [9.17, 15) is 0 Å². The molecule has 1 aliphatic heterocycles. The molecule has 1 saturated carbocycles. The van der Waals surface area contributed by atoms with Crippen molar-refractivity contribution in [1.82, 2.24) is 0 Å². The zero-order valence-corrected chi connectivity index (χ0v) is 11.8. The third-order valence-corrected chi connectivity index (χ3v) is 4.04. The van der Waals surface area contributed by atoms with Crippen molar-refractivity contribution in [2.24, 2.45) is 5.92 Å². The van der Waals surface area contributed by atoms with Gasteiger partial charge >= 0.3 is 0 Å². The van der Waals surface area contributed by atoms with Crippen molar-refractivity contribution in [3.8, 4) is 0 Å². The summed E-state index contributed by atoms with van der Waals surface area (Å²) in [5.74, 6) is 0.970. The molecule has 1 aromatic carbocycles. The van der Waals surface area contributed by atoms with Crippen molar-refractivity contribution >= 4 is 11.4 Å². The summed E-state index contributed by atoms with van der Waals surface area (Å²) in [4.78, 5) is 2.43. The number of ether oxygens (including phenoxy) is 1. The van der Waals surface area contributed by atoms with E-state index in [1.54, 1.807) is 0 Å². The van der Waals surface area contributed by atoms with E-state index < -0.39 is 0 Å². The number of nitrogens with one attached hydrogen (secondary N) is 1. The molecule has 1 unspecified atom stereocenters. The lowest BCUT2D eigenvalue weighted by molar-refractivity contribution is 0.123. The van der Waals surface area contributed by atoms with Gasteiger partial charge < -0.3 is 15.0 Å². The Morgan fingerprint density at radius 2 is 2.00 bits per heavy atom. The standard InChI is InChI=1S/C16H24N2O/c1-13(12-14-6-7-14)17-15-4-2-3-5-16(15)18-8-10-19-11-9-18/h2-5,13-14,17H,6-12H2,1H3. The summed E-state index contributed by atoms with van der Waals surface area (Å²) in [5.41, 5.74) is 2.60. The monoisotopic (exact) mass is 260 g/mol. The highest BCUT2D eigenvalue weighted by Crippen LogP contribution is 2.35. The van der Waals surface area contributed by atoms with E-state index in [0.29, 0.717) is 6.04 Å². The van der Waals surface area contributed by atoms with Gasteiger partial charge in [-0.1, -0.05) is 25.0 Å². The Labute approximate surface area is 115 Å². The molecule has 3 heteroatoms.